The molecule has 0 radical (unpaired) electrons. The molecule has 1 aliphatic rings. The molecular weight excluding hydrogens is 247 g/mol. The fourth-order valence-corrected chi connectivity index (χ4v) is 2.31. The summed E-state index contributed by atoms with van der Waals surface area (Å²) in [5, 5.41) is 0. The van der Waals surface area contributed by atoms with Crippen molar-refractivity contribution in [3.05, 3.63) is 29.6 Å². The molecule has 1 fully saturated rings. The van der Waals surface area contributed by atoms with Gasteiger partial charge in [0, 0.05) is 4.83 Å². The summed E-state index contributed by atoms with van der Waals surface area (Å²) >= 11 is 3.50. The molecule has 1 aromatic rings. The fraction of sp³-hybridized carbons (Fsp3) is 0.455. The molecular formula is C11H12BrFO. The second-order valence-electron chi connectivity index (χ2n) is 3.72. The molecule has 0 amide bonds. The Hall–Kier alpha value is -0.570. The van der Waals surface area contributed by atoms with Crippen molar-refractivity contribution in [1.29, 1.82) is 0 Å². The molecule has 0 aromatic heterocycles. The highest BCUT2D eigenvalue weighted by Gasteiger charge is 2.28. The molecule has 1 nitrogen and oxygen atoms in total. The molecule has 0 bridgehead atoms. The minimum Gasteiger partial charge on any atom is -0.490 e. The van der Waals surface area contributed by atoms with E-state index in [0.717, 1.165) is 18.6 Å². The van der Waals surface area contributed by atoms with Crippen molar-refractivity contribution in [1.82, 2.24) is 0 Å². The largest absolute Gasteiger partial charge is 0.490 e. The molecule has 0 atom stereocenters. The van der Waals surface area contributed by atoms with Crippen LogP contribution in [0.25, 0.3) is 0 Å². The normalized spacial score (nSPS) is 25.6. The average molecular weight is 259 g/mol. The van der Waals surface area contributed by atoms with Crippen LogP contribution in [0, 0.1) is 12.7 Å². The zero-order chi connectivity index (χ0) is 10.1. The van der Waals surface area contributed by atoms with E-state index in [4.69, 9.17) is 4.74 Å². The van der Waals surface area contributed by atoms with E-state index in [1.165, 1.54) is 6.07 Å². The van der Waals surface area contributed by atoms with Gasteiger partial charge in [-0.05, 0) is 43.5 Å². The minimum atomic E-state index is -0.177. The fourth-order valence-electron chi connectivity index (χ4n) is 1.48. The molecule has 1 saturated carbocycles. The molecule has 76 valence electrons. The maximum absolute atomic E-state index is 12.9. The average Bonchev–Trinajstić information content (AvgIpc) is 2.09. The smallest absolute Gasteiger partial charge is 0.126 e. The Labute approximate surface area is 91.4 Å². The van der Waals surface area contributed by atoms with Gasteiger partial charge in [0.15, 0.2) is 0 Å². The summed E-state index contributed by atoms with van der Waals surface area (Å²) < 4.78 is 18.6. The summed E-state index contributed by atoms with van der Waals surface area (Å²) in [5.41, 5.74) is 0.636. The monoisotopic (exact) mass is 258 g/mol. The Kier molecular flexibility index (Phi) is 2.77. The summed E-state index contributed by atoms with van der Waals surface area (Å²) in [6, 6.07) is 4.88. The van der Waals surface area contributed by atoms with Crippen molar-refractivity contribution >= 4 is 15.9 Å². The molecule has 0 spiro atoms. The number of hydrogen-bond donors (Lipinski definition) is 0. The summed E-state index contributed by atoms with van der Waals surface area (Å²) in [6.45, 7) is 1.75. The van der Waals surface area contributed by atoms with E-state index in [0.29, 0.717) is 16.5 Å². The van der Waals surface area contributed by atoms with E-state index in [1.54, 1.807) is 19.1 Å². The Morgan fingerprint density at radius 1 is 1.43 bits per heavy atom. The lowest BCUT2D eigenvalue weighted by Crippen LogP contribution is -2.33. The van der Waals surface area contributed by atoms with Crippen LogP contribution in [0.1, 0.15) is 18.4 Å². The highest BCUT2D eigenvalue weighted by atomic mass is 79.9. The van der Waals surface area contributed by atoms with Gasteiger partial charge in [-0.1, -0.05) is 15.9 Å². The van der Waals surface area contributed by atoms with Gasteiger partial charge in [-0.2, -0.15) is 0 Å². The number of rotatable bonds is 2. The summed E-state index contributed by atoms with van der Waals surface area (Å²) in [6.07, 6.45) is 2.37. The zero-order valence-electron chi connectivity index (χ0n) is 7.97. The second kappa shape index (κ2) is 3.89. The van der Waals surface area contributed by atoms with Crippen molar-refractivity contribution in [2.24, 2.45) is 0 Å². The predicted octanol–water partition coefficient (Wildman–Crippen LogP) is 3.44. The van der Waals surface area contributed by atoms with E-state index in [2.05, 4.69) is 15.9 Å². The van der Waals surface area contributed by atoms with E-state index >= 15 is 0 Å². The van der Waals surface area contributed by atoms with Gasteiger partial charge >= 0.3 is 0 Å². The quantitative estimate of drug-likeness (QED) is 0.739. The second-order valence-corrected chi connectivity index (χ2v) is 5.01. The molecule has 0 heterocycles. The van der Waals surface area contributed by atoms with Gasteiger partial charge in [0.05, 0.1) is 0 Å². The van der Waals surface area contributed by atoms with Gasteiger partial charge in [0.2, 0.25) is 0 Å². The number of halogens is 2. The third-order valence-corrected chi connectivity index (χ3v) is 3.22. The number of aryl methyl sites for hydroxylation is 1. The van der Waals surface area contributed by atoms with Gasteiger partial charge < -0.3 is 4.74 Å². The third-order valence-electron chi connectivity index (χ3n) is 2.47. The molecule has 14 heavy (non-hydrogen) atoms. The Balaban J connectivity index is 2.00. The van der Waals surface area contributed by atoms with Crippen LogP contribution < -0.4 is 4.74 Å². The van der Waals surface area contributed by atoms with E-state index in [1.807, 2.05) is 0 Å². The Morgan fingerprint density at radius 2 is 2.14 bits per heavy atom. The van der Waals surface area contributed by atoms with Gasteiger partial charge in [0.1, 0.15) is 17.7 Å². The molecule has 2 rings (SSSR count). The van der Waals surface area contributed by atoms with Crippen molar-refractivity contribution in [2.75, 3.05) is 0 Å². The first-order chi connectivity index (χ1) is 6.65. The predicted molar refractivity (Wildman–Crippen MR) is 57.5 cm³/mol. The molecule has 1 aliphatic carbocycles. The summed E-state index contributed by atoms with van der Waals surface area (Å²) in [7, 11) is 0. The lowest BCUT2D eigenvalue weighted by atomic mass is 9.96. The van der Waals surface area contributed by atoms with Crippen molar-refractivity contribution in [3.63, 3.8) is 0 Å². The number of hydrogen-bond acceptors (Lipinski definition) is 1. The van der Waals surface area contributed by atoms with Crippen LogP contribution in [-0.4, -0.2) is 10.9 Å². The molecule has 0 unspecified atom stereocenters. The minimum absolute atomic E-state index is 0.177. The van der Waals surface area contributed by atoms with Crippen LogP contribution in [-0.2, 0) is 0 Å². The van der Waals surface area contributed by atoms with E-state index < -0.39 is 0 Å². The van der Waals surface area contributed by atoms with E-state index in [-0.39, 0.29) is 5.82 Å². The highest BCUT2D eigenvalue weighted by molar-refractivity contribution is 9.09. The maximum Gasteiger partial charge on any atom is 0.126 e. The van der Waals surface area contributed by atoms with Crippen LogP contribution in [0.2, 0.25) is 0 Å². The molecule has 0 aliphatic heterocycles. The number of ether oxygens (including phenoxy) is 1. The topological polar surface area (TPSA) is 9.23 Å². The van der Waals surface area contributed by atoms with Crippen LogP contribution in [0.15, 0.2) is 18.2 Å². The molecule has 1 aromatic carbocycles. The van der Waals surface area contributed by atoms with E-state index in [9.17, 15) is 4.39 Å². The van der Waals surface area contributed by atoms with Crippen LogP contribution in [0.3, 0.4) is 0 Å². The van der Waals surface area contributed by atoms with Crippen LogP contribution >= 0.6 is 15.9 Å². The van der Waals surface area contributed by atoms with Gasteiger partial charge in [-0.15, -0.1) is 0 Å². The third kappa shape index (κ3) is 2.08. The zero-order valence-corrected chi connectivity index (χ0v) is 9.55. The SMILES string of the molecule is Cc1cc(OC2CC(Br)C2)ccc1F. The van der Waals surface area contributed by atoms with Gasteiger partial charge in [-0.25, -0.2) is 4.39 Å². The maximum atomic E-state index is 12.9. The first-order valence-electron chi connectivity index (χ1n) is 4.72. The van der Waals surface area contributed by atoms with Gasteiger partial charge in [0.25, 0.3) is 0 Å². The van der Waals surface area contributed by atoms with Crippen LogP contribution in [0.4, 0.5) is 4.39 Å². The molecule has 0 saturated heterocycles. The molecule has 0 N–H and O–H groups in total. The first kappa shape index (κ1) is 9.97. The standard InChI is InChI=1S/C11H12BrFO/c1-7-4-9(2-3-11(7)13)14-10-5-8(12)6-10/h2-4,8,10H,5-6H2,1H3. The molecule has 3 heteroatoms. The first-order valence-corrected chi connectivity index (χ1v) is 5.63. The lowest BCUT2D eigenvalue weighted by molar-refractivity contribution is 0.128. The highest BCUT2D eigenvalue weighted by Crippen LogP contribution is 2.31. The van der Waals surface area contributed by atoms with Gasteiger partial charge in [-0.3, -0.25) is 0 Å². The summed E-state index contributed by atoms with van der Waals surface area (Å²) in [4.78, 5) is 0.592. The van der Waals surface area contributed by atoms with Crippen LogP contribution in [0.5, 0.6) is 5.75 Å². The number of alkyl halides is 1. The Bertz CT molecular complexity index is 334. The summed E-state index contributed by atoms with van der Waals surface area (Å²) in [5.74, 6) is 0.595. The Morgan fingerprint density at radius 3 is 2.71 bits per heavy atom. The lowest BCUT2D eigenvalue weighted by Gasteiger charge is -2.31. The van der Waals surface area contributed by atoms with Crippen molar-refractivity contribution < 1.29 is 9.13 Å². The number of benzene rings is 1. The van der Waals surface area contributed by atoms with Crippen molar-refractivity contribution in [3.8, 4) is 5.75 Å². The van der Waals surface area contributed by atoms with Crippen molar-refractivity contribution in [2.45, 2.75) is 30.7 Å².